The van der Waals surface area contributed by atoms with Gasteiger partial charge < -0.3 is 28.4 Å². The molecule has 3 fully saturated rings. The highest BCUT2D eigenvalue weighted by Gasteiger charge is 2.72. The molecule has 2 unspecified atom stereocenters. The molecule has 1 spiro atoms. The molecule has 6 atom stereocenters. The van der Waals surface area contributed by atoms with E-state index in [0.717, 1.165) is 29.7 Å². The van der Waals surface area contributed by atoms with Gasteiger partial charge >= 0.3 is 5.97 Å². The fourth-order valence-corrected chi connectivity index (χ4v) is 6.12. The SMILES string of the molecule is CO[C@H]1C(C2(C)O[C@H]2CC=C(C)C)[C@]2(CC[C@H]1OC(=O)/C=C/c1ccc(Oc3ccc(COC(C)C)cc3)cc1)CO2. The Morgan fingerprint density at radius 1 is 1.07 bits per heavy atom. The molecule has 42 heavy (non-hydrogen) atoms. The quantitative estimate of drug-likeness (QED) is 0.116. The van der Waals surface area contributed by atoms with Crippen LogP contribution < -0.4 is 4.74 Å². The van der Waals surface area contributed by atoms with Crippen molar-refractivity contribution in [1.82, 2.24) is 0 Å². The summed E-state index contributed by atoms with van der Waals surface area (Å²) in [6.07, 6.45) is 7.46. The Hall–Kier alpha value is -2.97. The van der Waals surface area contributed by atoms with Gasteiger partial charge in [-0.2, -0.15) is 0 Å². The normalized spacial score (nSPS) is 30.0. The van der Waals surface area contributed by atoms with Gasteiger partial charge in [0.15, 0.2) is 0 Å². The van der Waals surface area contributed by atoms with Gasteiger partial charge in [-0.25, -0.2) is 4.79 Å². The number of esters is 1. The molecule has 2 aromatic rings. The maximum Gasteiger partial charge on any atom is 0.331 e. The summed E-state index contributed by atoms with van der Waals surface area (Å²) in [6, 6.07) is 15.4. The minimum Gasteiger partial charge on any atom is -0.457 e. The first-order valence-corrected chi connectivity index (χ1v) is 15.0. The molecule has 7 heteroatoms. The van der Waals surface area contributed by atoms with Gasteiger partial charge in [0.1, 0.15) is 34.9 Å². The first-order chi connectivity index (χ1) is 20.1. The molecule has 2 aliphatic heterocycles. The van der Waals surface area contributed by atoms with Crippen LogP contribution in [0.25, 0.3) is 6.08 Å². The van der Waals surface area contributed by atoms with Crippen LogP contribution in [0.5, 0.6) is 11.5 Å². The van der Waals surface area contributed by atoms with E-state index >= 15 is 0 Å². The zero-order valence-corrected chi connectivity index (χ0v) is 25.6. The molecule has 1 aliphatic carbocycles. The number of carbonyl (C=O) groups excluding carboxylic acids is 1. The maximum atomic E-state index is 12.9. The second-order valence-corrected chi connectivity index (χ2v) is 12.4. The summed E-state index contributed by atoms with van der Waals surface area (Å²) in [6.45, 7) is 11.7. The van der Waals surface area contributed by atoms with Crippen LogP contribution in [0, 0.1) is 5.92 Å². The van der Waals surface area contributed by atoms with Gasteiger partial charge in [0.2, 0.25) is 0 Å². The summed E-state index contributed by atoms with van der Waals surface area (Å²) < 4.78 is 35.8. The number of allylic oxidation sites excluding steroid dienone is 1. The van der Waals surface area contributed by atoms with E-state index in [2.05, 4.69) is 26.8 Å². The van der Waals surface area contributed by atoms with Gasteiger partial charge in [-0.3, -0.25) is 0 Å². The molecule has 0 N–H and O–H groups in total. The number of hydrogen-bond acceptors (Lipinski definition) is 7. The third-order valence-electron chi connectivity index (χ3n) is 8.54. The molecule has 2 aromatic carbocycles. The minimum absolute atomic E-state index is 0.00166. The lowest BCUT2D eigenvalue weighted by Gasteiger charge is -2.42. The van der Waals surface area contributed by atoms with Gasteiger partial charge in [0.05, 0.1) is 31.3 Å². The largest absolute Gasteiger partial charge is 0.457 e. The summed E-state index contributed by atoms with van der Waals surface area (Å²) >= 11 is 0. The van der Waals surface area contributed by atoms with Gasteiger partial charge in [0, 0.05) is 13.2 Å². The Morgan fingerprint density at radius 2 is 1.74 bits per heavy atom. The summed E-state index contributed by atoms with van der Waals surface area (Å²) in [5, 5.41) is 0. The van der Waals surface area contributed by atoms with Crippen molar-refractivity contribution >= 4 is 12.0 Å². The molecule has 5 rings (SSSR count). The second-order valence-electron chi connectivity index (χ2n) is 12.4. The van der Waals surface area contributed by atoms with Crippen LogP contribution in [0.1, 0.15) is 65.0 Å². The molecule has 1 saturated carbocycles. The van der Waals surface area contributed by atoms with Crippen molar-refractivity contribution in [3.63, 3.8) is 0 Å². The summed E-state index contributed by atoms with van der Waals surface area (Å²) in [5.74, 6) is 1.07. The van der Waals surface area contributed by atoms with E-state index in [4.69, 9.17) is 28.4 Å². The number of benzene rings is 2. The van der Waals surface area contributed by atoms with E-state index in [1.54, 1.807) is 13.2 Å². The minimum atomic E-state index is -0.390. The third-order valence-corrected chi connectivity index (χ3v) is 8.54. The first kappa shape index (κ1) is 30.5. The van der Waals surface area contributed by atoms with Crippen molar-refractivity contribution in [2.75, 3.05) is 13.7 Å². The summed E-state index contributed by atoms with van der Waals surface area (Å²) in [5.41, 5.74) is 2.63. The Labute approximate surface area is 249 Å². The average Bonchev–Trinajstić information content (AvgIpc) is 3.88. The average molecular weight is 577 g/mol. The summed E-state index contributed by atoms with van der Waals surface area (Å²) in [7, 11) is 1.69. The monoisotopic (exact) mass is 576 g/mol. The lowest BCUT2D eigenvalue weighted by molar-refractivity contribution is -0.166. The molecular weight excluding hydrogens is 532 g/mol. The molecule has 0 radical (unpaired) electrons. The lowest BCUT2D eigenvalue weighted by Crippen LogP contribution is -2.55. The number of methoxy groups -OCH3 is 1. The van der Waals surface area contributed by atoms with Gasteiger partial charge in [-0.05, 0) is 95.3 Å². The van der Waals surface area contributed by atoms with E-state index in [-0.39, 0.29) is 41.5 Å². The van der Waals surface area contributed by atoms with Crippen molar-refractivity contribution in [2.45, 2.75) is 96.1 Å². The number of ether oxygens (including phenoxy) is 6. The summed E-state index contributed by atoms with van der Waals surface area (Å²) in [4.78, 5) is 12.9. The maximum absolute atomic E-state index is 12.9. The molecule has 2 saturated heterocycles. The van der Waals surface area contributed by atoms with Crippen molar-refractivity contribution < 1.29 is 33.2 Å². The van der Waals surface area contributed by atoms with Crippen LogP contribution in [-0.4, -0.2) is 55.3 Å². The fraction of sp³-hybridized carbons (Fsp3) is 0.514. The molecular formula is C35H44O7. The van der Waals surface area contributed by atoms with E-state index in [1.165, 1.54) is 11.6 Å². The standard InChI is InChI=1S/C35H44O7/c1-23(2)7-17-30-34(5,42-30)33-32(37-6)29(19-20-35(33)22-39-35)41-31(36)18-12-25-8-13-27(14-9-25)40-28-15-10-26(11-16-28)21-38-24(3)4/h7-16,18,24,29-30,32-33H,17,19-22H2,1-6H3/b18-12+/t29-,30+,32-,33?,34?,35+/m1/s1. The number of carbonyl (C=O) groups is 1. The lowest BCUT2D eigenvalue weighted by atomic mass is 9.68. The number of epoxide rings is 2. The third kappa shape index (κ3) is 7.14. The van der Waals surface area contributed by atoms with E-state index in [9.17, 15) is 4.79 Å². The van der Waals surface area contributed by atoms with Gasteiger partial charge in [-0.1, -0.05) is 35.9 Å². The Morgan fingerprint density at radius 3 is 2.33 bits per heavy atom. The molecule has 226 valence electrons. The predicted molar refractivity (Wildman–Crippen MR) is 161 cm³/mol. The topological polar surface area (TPSA) is 79.1 Å². The van der Waals surface area contributed by atoms with E-state index in [1.807, 2.05) is 62.4 Å². The zero-order valence-electron chi connectivity index (χ0n) is 25.6. The Bertz CT molecular complexity index is 1270. The van der Waals surface area contributed by atoms with E-state index in [0.29, 0.717) is 25.4 Å². The second kappa shape index (κ2) is 12.7. The molecule has 0 bridgehead atoms. The molecule has 3 aliphatic rings. The smallest absolute Gasteiger partial charge is 0.331 e. The zero-order chi connectivity index (χ0) is 29.9. The molecule has 2 heterocycles. The van der Waals surface area contributed by atoms with Crippen LogP contribution in [0.4, 0.5) is 0 Å². The molecule has 7 nitrogen and oxygen atoms in total. The van der Waals surface area contributed by atoms with Crippen LogP contribution in [0.2, 0.25) is 0 Å². The van der Waals surface area contributed by atoms with Crippen molar-refractivity contribution in [3.05, 3.63) is 77.4 Å². The molecule has 0 aromatic heterocycles. The van der Waals surface area contributed by atoms with Gasteiger partial charge in [0.25, 0.3) is 0 Å². The number of rotatable bonds is 12. The Kier molecular flexibility index (Phi) is 9.23. The van der Waals surface area contributed by atoms with Crippen molar-refractivity contribution in [1.29, 1.82) is 0 Å². The highest BCUT2D eigenvalue weighted by atomic mass is 16.6. The van der Waals surface area contributed by atoms with Gasteiger partial charge in [-0.15, -0.1) is 0 Å². The highest BCUT2D eigenvalue weighted by molar-refractivity contribution is 5.87. The predicted octanol–water partition coefficient (Wildman–Crippen LogP) is 7.04. The fourth-order valence-electron chi connectivity index (χ4n) is 6.12. The van der Waals surface area contributed by atoms with Crippen LogP contribution >= 0.6 is 0 Å². The van der Waals surface area contributed by atoms with Crippen molar-refractivity contribution in [3.8, 4) is 11.5 Å². The highest BCUT2D eigenvalue weighted by Crippen LogP contribution is 2.59. The Balaban J connectivity index is 1.16. The van der Waals surface area contributed by atoms with Crippen LogP contribution in [0.3, 0.4) is 0 Å². The van der Waals surface area contributed by atoms with E-state index < -0.39 is 5.97 Å². The first-order valence-electron chi connectivity index (χ1n) is 15.0. The van der Waals surface area contributed by atoms with Crippen molar-refractivity contribution in [2.24, 2.45) is 5.92 Å². The van der Waals surface area contributed by atoms with Crippen LogP contribution in [0.15, 0.2) is 66.3 Å². The molecule has 0 amide bonds. The van der Waals surface area contributed by atoms with Crippen LogP contribution in [-0.2, 0) is 35.1 Å². The number of hydrogen-bond donors (Lipinski definition) is 0.